The standard InChI is InChI=1S/C15H21N3O3/c1-15(2,6-9-19)11-16-14(20)13-5-4-12(21-13)10-18-8-3-7-17-18/h3-5,7-8,19H,6,9-11H2,1-2H3,(H,16,20). The van der Waals surface area contributed by atoms with Crippen molar-refractivity contribution in [1.29, 1.82) is 0 Å². The molecule has 0 aromatic carbocycles. The second-order valence-electron chi connectivity index (χ2n) is 5.79. The molecule has 0 atom stereocenters. The highest BCUT2D eigenvalue weighted by atomic mass is 16.4. The Labute approximate surface area is 123 Å². The summed E-state index contributed by atoms with van der Waals surface area (Å²) in [5, 5.41) is 15.9. The number of nitrogens with one attached hydrogen (secondary N) is 1. The fourth-order valence-electron chi connectivity index (χ4n) is 1.94. The van der Waals surface area contributed by atoms with Crippen LogP contribution in [0.1, 0.15) is 36.6 Å². The van der Waals surface area contributed by atoms with Crippen LogP contribution in [0.25, 0.3) is 0 Å². The van der Waals surface area contributed by atoms with Crippen LogP contribution in [0.15, 0.2) is 35.0 Å². The molecule has 0 saturated carbocycles. The van der Waals surface area contributed by atoms with Gasteiger partial charge in [0.25, 0.3) is 5.91 Å². The van der Waals surface area contributed by atoms with Crippen molar-refractivity contribution in [3.8, 4) is 0 Å². The Hall–Kier alpha value is -2.08. The lowest BCUT2D eigenvalue weighted by Crippen LogP contribution is -2.34. The van der Waals surface area contributed by atoms with E-state index in [4.69, 9.17) is 9.52 Å². The monoisotopic (exact) mass is 291 g/mol. The molecule has 114 valence electrons. The van der Waals surface area contributed by atoms with Crippen molar-refractivity contribution >= 4 is 5.91 Å². The van der Waals surface area contributed by atoms with Crippen molar-refractivity contribution in [2.45, 2.75) is 26.8 Å². The largest absolute Gasteiger partial charge is 0.454 e. The van der Waals surface area contributed by atoms with Gasteiger partial charge in [0.1, 0.15) is 5.76 Å². The van der Waals surface area contributed by atoms with E-state index in [0.717, 1.165) is 0 Å². The molecule has 0 radical (unpaired) electrons. The number of amides is 1. The molecule has 0 aliphatic carbocycles. The molecular formula is C15H21N3O3. The molecule has 0 aliphatic rings. The summed E-state index contributed by atoms with van der Waals surface area (Å²) in [5.41, 5.74) is -0.144. The molecule has 2 aromatic heterocycles. The molecule has 0 spiro atoms. The van der Waals surface area contributed by atoms with Crippen LogP contribution in [-0.4, -0.2) is 33.9 Å². The zero-order chi connectivity index (χ0) is 15.3. The van der Waals surface area contributed by atoms with Gasteiger partial charge < -0.3 is 14.8 Å². The lowest BCUT2D eigenvalue weighted by molar-refractivity contribution is 0.0898. The van der Waals surface area contributed by atoms with Gasteiger partial charge in [0.05, 0.1) is 6.54 Å². The Balaban J connectivity index is 1.90. The summed E-state index contributed by atoms with van der Waals surface area (Å²) in [7, 11) is 0. The number of aliphatic hydroxyl groups is 1. The maximum Gasteiger partial charge on any atom is 0.287 e. The summed E-state index contributed by atoms with van der Waals surface area (Å²) in [6, 6.07) is 5.27. The molecular weight excluding hydrogens is 270 g/mol. The van der Waals surface area contributed by atoms with E-state index in [-0.39, 0.29) is 23.7 Å². The van der Waals surface area contributed by atoms with E-state index < -0.39 is 0 Å². The minimum Gasteiger partial charge on any atom is -0.454 e. The van der Waals surface area contributed by atoms with Crippen LogP contribution in [0.4, 0.5) is 0 Å². The van der Waals surface area contributed by atoms with Gasteiger partial charge in [-0.3, -0.25) is 9.48 Å². The van der Waals surface area contributed by atoms with E-state index in [1.807, 2.05) is 26.1 Å². The fourth-order valence-corrected chi connectivity index (χ4v) is 1.94. The number of aliphatic hydroxyl groups excluding tert-OH is 1. The maximum absolute atomic E-state index is 12.0. The van der Waals surface area contributed by atoms with Crippen molar-refractivity contribution in [2.24, 2.45) is 5.41 Å². The number of carbonyl (C=O) groups excluding carboxylic acids is 1. The highest BCUT2D eigenvalue weighted by Crippen LogP contribution is 2.18. The summed E-state index contributed by atoms with van der Waals surface area (Å²) < 4.78 is 7.25. The third-order valence-electron chi connectivity index (χ3n) is 3.28. The quantitative estimate of drug-likeness (QED) is 0.813. The first-order chi connectivity index (χ1) is 10.00. The second kappa shape index (κ2) is 6.58. The fraction of sp³-hybridized carbons (Fsp3) is 0.467. The SMILES string of the molecule is CC(C)(CCO)CNC(=O)c1ccc(Cn2cccn2)o1. The number of aromatic nitrogens is 2. The van der Waals surface area contributed by atoms with Crippen molar-refractivity contribution in [3.63, 3.8) is 0 Å². The van der Waals surface area contributed by atoms with E-state index in [1.54, 1.807) is 23.0 Å². The summed E-state index contributed by atoms with van der Waals surface area (Å²) in [4.78, 5) is 12.0. The Morgan fingerprint density at radius 1 is 1.48 bits per heavy atom. The average molecular weight is 291 g/mol. The average Bonchev–Trinajstić information content (AvgIpc) is 3.08. The molecule has 2 N–H and O–H groups in total. The molecule has 0 bridgehead atoms. The third kappa shape index (κ3) is 4.46. The van der Waals surface area contributed by atoms with E-state index in [9.17, 15) is 4.79 Å². The number of nitrogens with zero attached hydrogens (tertiary/aromatic N) is 2. The van der Waals surface area contributed by atoms with Gasteiger partial charge >= 0.3 is 0 Å². The molecule has 2 heterocycles. The lowest BCUT2D eigenvalue weighted by atomic mass is 9.90. The maximum atomic E-state index is 12.0. The molecule has 2 rings (SSSR count). The molecule has 0 unspecified atom stereocenters. The van der Waals surface area contributed by atoms with Crippen LogP contribution in [-0.2, 0) is 6.54 Å². The minimum atomic E-state index is -0.243. The first kappa shape index (κ1) is 15.3. The normalized spacial score (nSPS) is 11.6. The summed E-state index contributed by atoms with van der Waals surface area (Å²) in [6.07, 6.45) is 4.16. The molecule has 0 saturated heterocycles. The van der Waals surface area contributed by atoms with Crippen LogP contribution in [0, 0.1) is 5.41 Å². The first-order valence-electron chi connectivity index (χ1n) is 6.95. The molecule has 1 amide bonds. The smallest absolute Gasteiger partial charge is 0.287 e. The van der Waals surface area contributed by atoms with Crippen molar-refractivity contribution in [1.82, 2.24) is 15.1 Å². The first-order valence-corrected chi connectivity index (χ1v) is 6.95. The molecule has 2 aromatic rings. The van der Waals surface area contributed by atoms with Crippen LogP contribution in [0.5, 0.6) is 0 Å². The Morgan fingerprint density at radius 2 is 2.29 bits per heavy atom. The molecule has 0 aliphatic heterocycles. The van der Waals surface area contributed by atoms with Gasteiger partial charge in [0.2, 0.25) is 0 Å². The van der Waals surface area contributed by atoms with Crippen molar-refractivity contribution in [3.05, 3.63) is 42.1 Å². The van der Waals surface area contributed by atoms with Crippen molar-refractivity contribution in [2.75, 3.05) is 13.2 Å². The Kier molecular flexibility index (Phi) is 4.80. The number of hydrogen-bond acceptors (Lipinski definition) is 4. The van der Waals surface area contributed by atoms with Gasteiger partial charge in [0, 0.05) is 25.5 Å². The number of hydrogen-bond donors (Lipinski definition) is 2. The van der Waals surface area contributed by atoms with E-state index in [2.05, 4.69) is 10.4 Å². The van der Waals surface area contributed by atoms with Crippen LogP contribution < -0.4 is 5.32 Å². The van der Waals surface area contributed by atoms with Crippen LogP contribution in [0.2, 0.25) is 0 Å². The van der Waals surface area contributed by atoms with Crippen LogP contribution >= 0.6 is 0 Å². The highest BCUT2D eigenvalue weighted by Gasteiger charge is 2.19. The zero-order valence-electron chi connectivity index (χ0n) is 12.4. The summed E-state index contributed by atoms with van der Waals surface area (Å²) >= 11 is 0. The topological polar surface area (TPSA) is 80.3 Å². The van der Waals surface area contributed by atoms with Gasteiger partial charge in [-0.15, -0.1) is 0 Å². The number of furan rings is 1. The highest BCUT2D eigenvalue weighted by molar-refractivity contribution is 5.91. The number of rotatable bonds is 7. The predicted octanol–water partition coefficient (Wildman–Crippen LogP) is 1.66. The zero-order valence-corrected chi connectivity index (χ0v) is 12.4. The van der Waals surface area contributed by atoms with E-state index in [1.165, 1.54) is 0 Å². The van der Waals surface area contributed by atoms with Crippen LogP contribution in [0.3, 0.4) is 0 Å². The third-order valence-corrected chi connectivity index (χ3v) is 3.28. The Morgan fingerprint density at radius 3 is 2.95 bits per heavy atom. The van der Waals surface area contributed by atoms with Gasteiger partial charge in [-0.05, 0) is 30.0 Å². The molecule has 21 heavy (non-hydrogen) atoms. The van der Waals surface area contributed by atoms with Gasteiger partial charge in [-0.1, -0.05) is 13.8 Å². The van der Waals surface area contributed by atoms with E-state index in [0.29, 0.717) is 25.3 Å². The van der Waals surface area contributed by atoms with Crippen molar-refractivity contribution < 1.29 is 14.3 Å². The van der Waals surface area contributed by atoms with Gasteiger partial charge in [0.15, 0.2) is 5.76 Å². The van der Waals surface area contributed by atoms with Gasteiger partial charge in [-0.25, -0.2) is 0 Å². The summed E-state index contributed by atoms with van der Waals surface area (Å²) in [5.74, 6) is 0.725. The molecule has 6 heteroatoms. The van der Waals surface area contributed by atoms with E-state index >= 15 is 0 Å². The number of carbonyl (C=O) groups is 1. The summed E-state index contributed by atoms with van der Waals surface area (Å²) in [6.45, 7) is 5.08. The second-order valence-corrected chi connectivity index (χ2v) is 5.79. The minimum absolute atomic E-state index is 0.109. The molecule has 6 nitrogen and oxygen atoms in total. The van der Waals surface area contributed by atoms with Gasteiger partial charge in [-0.2, -0.15) is 5.10 Å². The predicted molar refractivity (Wildman–Crippen MR) is 77.9 cm³/mol. The molecule has 0 fully saturated rings. The Bertz CT molecular complexity index is 573. The lowest BCUT2D eigenvalue weighted by Gasteiger charge is -2.23.